The molecule has 144 valence electrons. The minimum absolute atomic E-state index is 0.174. The van der Waals surface area contributed by atoms with E-state index in [1.54, 1.807) is 20.8 Å². The molecule has 3 N–H and O–H groups in total. The molecular formula is C21H26N2O4. The van der Waals surface area contributed by atoms with Gasteiger partial charge >= 0.3 is 12.1 Å². The van der Waals surface area contributed by atoms with E-state index in [-0.39, 0.29) is 6.42 Å². The second-order valence-electron chi connectivity index (χ2n) is 7.28. The van der Waals surface area contributed by atoms with E-state index in [4.69, 9.17) is 4.74 Å². The van der Waals surface area contributed by atoms with Gasteiger partial charge in [-0.2, -0.15) is 0 Å². The molecule has 1 unspecified atom stereocenters. The topological polar surface area (TPSA) is 87.7 Å². The molecule has 0 bridgehead atoms. The van der Waals surface area contributed by atoms with E-state index in [1.807, 2.05) is 54.6 Å². The Bertz CT molecular complexity index is 752. The Morgan fingerprint density at radius 3 is 2.19 bits per heavy atom. The van der Waals surface area contributed by atoms with E-state index >= 15 is 0 Å². The number of benzene rings is 2. The number of carboxylic acids is 1. The van der Waals surface area contributed by atoms with Gasteiger partial charge < -0.3 is 20.5 Å². The third-order valence-electron chi connectivity index (χ3n) is 3.72. The Morgan fingerprint density at radius 2 is 1.63 bits per heavy atom. The lowest BCUT2D eigenvalue weighted by atomic mass is 10.1. The van der Waals surface area contributed by atoms with Crippen molar-refractivity contribution in [3.63, 3.8) is 0 Å². The van der Waals surface area contributed by atoms with E-state index in [0.29, 0.717) is 6.54 Å². The van der Waals surface area contributed by atoms with Gasteiger partial charge in [0.05, 0.1) is 0 Å². The molecular weight excluding hydrogens is 344 g/mol. The fourth-order valence-electron chi connectivity index (χ4n) is 2.44. The first-order valence-electron chi connectivity index (χ1n) is 8.82. The average Bonchev–Trinajstić information content (AvgIpc) is 2.60. The minimum atomic E-state index is -1.10. The number of nitrogens with one attached hydrogen (secondary N) is 2. The van der Waals surface area contributed by atoms with Crippen LogP contribution >= 0.6 is 0 Å². The van der Waals surface area contributed by atoms with Gasteiger partial charge in [-0.05, 0) is 44.0 Å². The summed E-state index contributed by atoms with van der Waals surface area (Å²) < 4.78 is 5.13. The minimum Gasteiger partial charge on any atom is -0.480 e. The zero-order valence-electron chi connectivity index (χ0n) is 15.9. The predicted octanol–water partition coefficient (Wildman–Crippen LogP) is 3.82. The fraction of sp³-hybridized carbons (Fsp3) is 0.333. The first kappa shape index (κ1) is 20.3. The van der Waals surface area contributed by atoms with Crippen LogP contribution in [0.25, 0.3) is 0 Å². The molecule has 0 spiro atoms. The van der Waals surface area contributed by atoms with Crippen molar-refractivity contribution in [3.05, 3.63) is 65.7 Å². The molecule has 0 heterocycles. The number of ether oxygens (including phenoxy) is 1. The molecule has 0 aliphatic carbocycles. The fourth-order valence-corrected chi connectivity index (χ4v) is 2.44. The standard InChI is InChI=1S/C21H26N2O4/c1-21(2,3)27-20(26)23-18(19(24)25)13-15-9-11-17(12-10-15)22-14-16-7-5-4-6-8-16/h4-12,18,22H,13-14H2,1-3H3,(H,23,26)(H,24,25). The summed E-state index contributed by atoms with van der Waals surface area (Å²) in [7, 11) is 0. The Labute approximate surface area is 159 Å². The summed E-state index contributed by atoms with van der Waals surface area (Å²) >= 11 is 0. The second-order valence-corrected chi connectivity index (χ2v) is 7.28. The third-order valence-corrected chi connectivity index (χ3v) is 3.72. The van der Waals surface area contributed by atoms with Gasteiger partial charge in [0.2, 0.25) is 0 Å². The molecule has 0 saturated carbocycles. The van der Waals surface area contributed by atoms with E-state index in [0.717, 1.165) is 11.3 Å². The molecule has 0 fully saturated rings. The number of carbonyl (C=O) groups is 2. The summed E-state index contributed by atoms with van der Waals surface area (Å²) in [6, 6.07) is 16.5. The predicted molar refractivity (Wildman–Crippen MR) is 105 cm³/mol. The number of alkyl carbamates (subject to hydrolysis) is 1. The molecule has 0 radical (unpaired) electrons. The van der Waals surface area contributed by atoms with Gasteiger partial charge in [0.25, 0.3) is 0 Å². The van der Waals surface area contributed by atoms with Gasteiger partial charge in [-0.15, -0.1) is 0 Å². The lowest BCUT2D eigenvalue weighted by Crippen LogP contribution is -2.44. The van der Waals surface area contributed by atoms with Crippen molar-refractivity contribution >= 4 is 17.7 Å². The summed E-state index contributed by atoms with van der Waals surface area (Å²) in [5.74, 6) is -1.10. The van der Waals surface area contributed by atoms with Gasteiger partial charge in [0, 0.05) is 18.7 Å². The first-order valence-corrected chi connectivity index (χ1v) is 8.82. The van der Waals surface area contributed by atoms with Crippen molar-refractivity contribution in [1.82, 2.24) is 5.32 Å². The normalized spacial score (nSPS) is 12.1. The number of carboxylic acid groups (broad SMARTS) is 1. The maximum Gasteiger partial charge on any atom is 0.408 e. The zero-order chi connectivity index (χ0) is 19.9. The van der Waals surface area contributed by atoms with E-state index in [2.05, 4.69) is 10.6 Å². The quantitative estimate of drug-likeness (QED) is 0.690. The van der Waals surface area contributed by atoms with Gasteiger partial charge in [0.1, 0.15) is 11.6 Å². The Morgan fingerprint density at radius 1 is 1.00 bits per heavy atom. The summed E-state index contributed by atoms with van der Waals surface area (Å²) in [6.45, 7) is 5.88. The summed E-state index contributed by atoms with van der Waals surface area (Å²) in [5.41, 5.74) is 2.24. The van der Waals surface area contributed by atoms with E-state index in [1.165, 1.54) is 5.56 Å². The van der Waals surface area contributed by atoms with Crippen LogP contribution in [0, 0.1) is 0 Å². The lowest BCUT2D eigenvalue weighted by Gasteiger charge is -2.22. The molecule has 27 heavy (non-hydrogen) atoms. The highest BCUT2D eigenvalue weighted by Gasteiger charge is 2.24. The summed E-state index contributed by atoms with van der Waals surface area (Å²) in [5, 5.41) is 15.1. The molecule has 1 atom stereocenters. The Hall–Kier alpha value is -3.02. The molecule has 0 saturated heterocycles. The highest BCUT2D eigenvalue weighted by Crippen LogP contribution is 2.13. The molecule has 6 nitrogen and oxygen atoms in total. The summed E-state index contributed by atoms with van der Waals surface area (Å²) in [6.07, 6.45) is -0.566. The highest BCUT2D eigenvalue weighted by molar-refractivity contribution is 5.80. The van der Waals surface area contributed by atoms with Crippen molar-refractivity contribution in [2.75, 3.05) is 5.32 Å². The van der Waals surface area contributed by atoms with Crippen LogP contribution < -0.4 is 10.6 Å². The van der Waals surface area contributed by atoms with Crippen LogP contribution in [0.2, 0.25) is 0 Å². The molecule has 6 heteroatoms. The van der Waals surface area contributed by atoms with Crippen LogP contribution in [0.15, 0.2) is 54.6 Å². The number of carbonyl (C=O) groups excluding carboxylic acids is 1. The SMILES string of the molecule is CC(C)(C)OC(=O)NC(Cc1ccc(NCc2ccccc2)cc1)C(=O)O. The zero-order valence-corrected chi connectivity index (χ0v) is 15.9. The van der Waals surface area contributed by atoms with Gasteiger partial charge in [0.15, 0.2) is 0 Å². The Balaban J connectivity index is 1.92. The first-order chi connectivity index (χ1) is 12.7. The van der Waals surface area contributed by atoms with Crippen LogP contribution in [-0.4, -0.2) is 28.8 Å². The number of hydrogen-bond acceptors (Lipinski definition) is 4. The molecule has 0 aromatic heterocycles. The second kappa shape index (κ2) is 9.07. The van der Waals surface area contributed by atoms with Crippen LogP contribution in [0.3, 0.4) is 0 Å². The number of rotatable bonds is 7. The molecule has 0 aliphatic rings. The lowest BCUT2D eigenvalue weighted by molar-refractivity contribution is -0.139. The van der Waals surface area contributed by atoms with Crippen LogP contribution in [0.1, 0.15) is 31.9 Å². The maximum absolute atomic E-state index is 11.8. The van der Waals surface area contributed by atoms with E-state index in [9.17, 15) is 14.7 Å². The van der Waals surface area contributed by atoms with Crippen molar-refractivity contribution in [1.29, 1.82) is 0 Å². The van der Waals surface area contributed by atoms with Crippen LogP contribution in [-0.2, 0) is 22.5 Å². The molecule has 1 amide bonds. The number of hydrogen-bond donors (Lipinski definition) is 3. The van der Waals surface area contributed by atoms with Crippen LogP contribution in [0.4, 0.5) is 10.5 Å². The highest BCUT2D eigenvalue weighted by atomic mass is 16.6. The summed E-state index contributed by atoms with van der Waals surface area (Å²) in [4.78, 5) is 23.3. The van der Waals surface area contributed by atoms with Gasteiger partial charge in [-0.1, -0.05) is 42.5 Å². The molecule has 2 aromatic carbocycles. The van der Waals surface area contributed by atoms with Crippen LogP contribution in [0.5, 0.6) is 0 Å². The maximum atomic E-state index is 11.8. The van der Waals surface area contributed by atoms with Crippen molar-refractivity contribution in [2.24, 2.45) is 0 Å². The number of aliphatic carboxylic acids is 1. The largest absolute Gasteiger partial charge is 0.480 e. The number of anilines is 1. The molecule has 2 rings (SSSR count). The Kier molecular flexibility index (Phi) is 6.82. The van der Waals surface area contributed by atoms with Crippen molar-refractivity contribution in [2.45, 2.75) is 45.4 Å². The molecule has 2 aromatic rings. The number of amides is 1. The van der Waals surface area contributed by atoms with E-state index < -0.39 is 23.7 Å². The average molecular weight is 370 g/mol. The smallest absolute Gasteiger partial charge is 0.408 e. The van der Waals surface area contributed by atoms with Crippen molar-refractivity contribution < 1.29 is 19.4 Å². The van der Waals surface area contributed by atoms with Gasteiger partial charge in [-0.25, -0.2) is 9.59 Å². The monoisotopic (exact) mass is 370 g/mol. The van der Waals surface area contributed by atoms with Crippen molar-refractivity contribution in [3.8, 4) is 0 Å². The molecule has 0 aliphatic heterocycles. The third kappa shape index (κ3) is 7.40. The van der Waals surface area contributed by atoms with Gasteiger partial charge in [-0.3, -0.25) is 0 Å².